The zero-order valence-electron chi connectivity index (χ0n) is 51.9. The van der Waals surface area contributed by atoms with Gasteiger partial charge in [-0.15, -0.1) is 10.2 Å². The topological polar surface area (TPSA) is 308 Å². The minimum atomic E-state index is -5.08. The number of hydrogen-bond acceptors (Lipinski definition) is 17. The number of fused-ring (bicyclic) bond motifs is 4. The van der Waals surface area contributed by atoms with E-state index in [4.69, 9.17) is 136 Å². The summed E-state index contributed by atoms with van der Waals surface area (Å²) < 4.78 is 68.2. The van der Waals surface area contributed by atoms with Crippen molar-refractivity contribution in [1.82, 2.24) is 45.4 Å². The fourth-order valence-corrected chi connectivity index (χ4v) is 12.3. The molecule has 9 aromatic rings. The number of aliphatic carboxylic acids is 1. The Balaban J connectivity index is 0.000000155. The molecule has 3 aromatic heterocycles. The molecule has 4 aliphatic rings. The second kappa shape index (κ2) is 33.2. The molecule has 0 fully saturated rings. The van der Waals surface area contributed by atoms with Crippen LogP contribution in [0.3, 0.4) is 0 Å². The summed E-state index contributed by atoms with van der Waals surface area (Å²) in [5.74, 6) is -3.79. The summed E-state index contributed by atoms with van der Waals surface area (Å²) in [5.41, 5.74) is 10.1. The third-order valence-corrected chi connectivity index (χ3v) is 18.3. The van der Waals surface area contributed by atoms with E-state index in [1.807, 2.05) is 97.1 Å². The predicted molar refractivity (Wildman–Crippen MR) is 359 cm³/mol. The molecule has 0 radical (unpaired) electrons. The average Bonchev–Trinajstić information content (AvgIpc) is 1.66. The van der Waals surface area contributed by atoms with Gasteiger partial charge in [0.1, 0.15) is 29.8 Å². The molecule has 13 rings (SSSR count). The van der Waals surface area contributed by atoms with Gasteiger partial charge in [-0.1, -0.05) is 138 Å². The molecule has 0 atom stereocenters. The van der Waals surface area contributed by atoms with Gasteiger partial charge in [0.15, 0.2) is 0 Å². The molecule has 0 unspecified atom stereocenters. The van der Waals surface area contributed by atoms with Crippen LogP contribution in [0.5, 0.6) is 29.1 Å². The van der Waals surface area contributed by atoms with Crippen LogP contribution in [0.1, 0.15) is 94.0 Å². The van der Waals surface area contributed by atoms with Crippen molar-refractivity contribution in [1.29, 1.82) is 0 Å². The number of nitrogens with zero attached hydrogens (tertiary/aromatic N) is 8. The van der Waals surface area contributed by atoms with Gasteiger partial charge < -0.3 is 48.8 Å². The molecule has 0 saturated heterocycles. The molecule has 522 valence electrons. The van der Waals surface area contributed by atoms with Crippen LogP contribution in [0.2, 0.25) is 40.2 Å². The average molecular weight is 1530 g/mol. The molecule has 23 nitrogen and oxygen atoms in total. The van der Waals surface area contributed by atoms with Crippen molar-refractivity contribution in [3.05, 3.63) is 210 Å². The maximum Gasteiger partial charge on any atom is 0.490 e. The highest BCUT2D eigenvalue weighted by atomic mass is 35.5. The molecular formula is C65H56Cl8F3N9O14. The summed E-state index contributed by atoms with van der Waals surface area (Å²) in [6.07, 6.45) is -0.884. The number of carbonyl (C=O) groups excluding carboxylic acids is 1. The Morgan fingerprint density at radius 1 is 0.505 bits per heavy atom. The fraction of sp³-hybridized carbons (Fsp3) is 0.292. The van der Waals surface area contributed by atoms with Crippen LogP contribution in [0.4, 0.5) is 13.2 Å². The first-order valence-corrected chi connectivity index (χ1v) is 32.6. The molecule has 0 spiro atoms. The Hall–Kier alpha value is -8.31. The van der Waals surface area contributed by atoms with E-state index in [1.165, 1.54) is 4.68 Å². The van der Waals surface area contributed by atoms with Crippen LogP contribution in [0.15, 0.2) is 97.1 Å². The first kappa shape index (κ1) is 74.9. The largest absolute Gasteiger partial charge is 0.497 e. The smallest absolute Gasteiger partial charge is 0.490 e. The Kier molecular flexibility index (Phi) is 25.1. The summed E-state index contributed by atoms with van der Waals surface area (Å²) in [6, 6.07) is 29.6. The van der Waals surface area contributed by atoms with E-state index >= 15 is 0 Å². The van der Waals surface area contributed by atoms with Gasteiger partial charge in [-0.25, -0.2) is 33.6 Å². The third-order valence-electron chi connectivity index (χ3n) is 15.4. The number of halogens is 11. The molecule has 0 saturated carbocycles. The number of methoxy groups -OCH3 is 2. The highest BCUT2D eigenvalue weighted by molar-refractivity contribution is 6.43. The highest BCUT2D eigenvalue weighted by Crippen LogP contribution is 2.38. The minimum Gasteiger partial charge on any atom is -0.497 e. The van der Waals surface area contributed by atoms with Gasteiger partial charge in [0.25, 0.3) is 5.88 Å². The van der Waals surface area contributed by atoms with Crippen molar-refractivity contribution in [3.63, 3.8) is 0 Å². The number of nitrogens with one attached hydrogen (secondary N) is 1. The van der Waals surface area contributed by atoms with E-state index < -0.39 is 30.1 Å². The monoisotopic (exact) mass is 1520 g/mol. The van der Waals surface area contributed by atoms with Gasteiger partial charge in [-0.05, 0) is 148 Å². The van der Waals surface area contributed by atoms with E-state index in [-0.39, 0.29) is 65.7 Å². The lowest BCUT2D eigenvalue weighted by Gasteiger charge is -2.15. The lowest BCUT2D eigenvalue weighted by atomic mass is 10.1. The number of carbonyl (C=O) groups is 4. The van der Waals surface area contributed by atoms with Crippen LogP contribution in [0, 0.1) is 0 Å². The van der Waals surface area contributed by atoms with E-state index in [1.54, 1.807) is 25.8 Å². The first-order chi connectivity index (χ1) is 47.1. The standard InChI is InChI=1S/C22H21Cl2N3O4.C20H17Cl2N3O4.C12H9Cl2N3O3.C9H8Cl2O.C2HF3O2/c1-3-30-22(28)20-21(27(26-25-20)12-13-4-6-16(29-2)7-5-13)31-17-8-14-10-18(23)19(24)11-15(14)9-17;1-28-14-4-2-11(3-5-14)10-25-19(18(20(26)27)23-24-25)29-15-6-12-8-16(21)17(22)9-13(12)7-15;13-8-3-5-1-7(2-6(5)4-9(8)14)20-11-10(12(18)19)15-17-16-11;10-8-3-5-1-7(12)2-6(5)4-9(8)11;3-2(4,5)1(6)7/h4-7,10-11,17H,3,8-9,12H2,1-2H3;2-5,8-9,15H,6-7,10H2,1H3,(H,26,27);3-4,7H,1-2H2,(H,18,19)(H,15,16,17);3-4,7,12H,1-2H2;(H,6,7). The third kappa shape index (κ3) is 19.4. The number of aliphatic hydroxyl groups is 1. The molecular weight excluding hydrogens is 1470 g/mol. The Morgan fingerprint density at radius 3 is 1.14 bits per heavy atom. The zero-order valence-corrected chi connectivity index (χ0v) is 58.0. The lowest BCUT2D eigenvalue weighted by Crippen LogP contribution is -2.21. The summed E-state index contributed by atoms with van der Waals surface area (Å²) >= 11 is 48.1. The predicted octanol–water partition coefficient (Wildman–Crippen LogP) is 13.7. The van der Waals surface area contributed by atoms with Gasteiger partial charge in [0.05, 0.1) is 80.2 Å². The fourth-order valence-electron chi connectivity index (χ4n) is 10.8. The van der Waals surface area contributed by atoms with Crippen molar-refractivity contribution in [3.8, 4) is 29.1 Å². The van der Waals surface area contributed by atoms with Gasteiger partial charge >= 0.3 is 30.1 Å². The number of aliphatic hydroxyl groups excluding tert-OH is 1. The van der Waals surface area contributed by atoms with Gasteiger partial charge in [-0.3, -0.25) is 0 Å². The second-order valence-corrected chi connectivity index (χ2v) is 25.5. The number of hydrogen-bond donors (Lipinski definition) is 5. The van der Waals surface area contributed by atoms with Crippen LogP contribution in [-0.4, -0.2) is 141 Å². The Bertz CT molecular complexity index is 4310. The van der Waals surface area contributed by atoms with E-state index in [2.05, 4.69) is 36.0 Å². The SMILES string of the molecule is CCOC(=O)c1nnn(Cc2ccc(OC)cc2)c1OC1Cc2cc(Cl)c(Cl)cc2C1.COc1ccc(Cn2nnc(C(=O)O)c2OC2Cc3cc(Cl)c(Cl)cc3C2)cc1.O=C(O)C(F)(F)F.O=C(O)c1[nH]nnc1OC1Cc2cc(Cl)c(Cl)cc2C1.OC1Cc2cc(Cl)c(Cl)cc2C1. The molecule has 5 N–H and O–H groups in total. The maximum absolute atomic E-state index is 12.4. The maximum atomic E-state index is 12.4. The number of aromatic amines is 1. The number of carboxylic acid groups (broad SMARTS) is 3. The second-order valence-electron chi connectivity index (χ2n) is 22.3. The van der Waals surface area contributed by atoms with E-state index in [0.717, 1.165) is 67.1 Å². The number of ether oxygens (including phenoxy) is 6. The number of rotatable bonds is 16. The van der Waals surface area contributed by atoms with Crippen molar-refractivity contribution in [2.24, 2.45) is 0 Å². The number of H-pyrrole nitrogens is 1. The van der Waals surface area contributed by atoms with Gasteiger partial charge in [0, 0.05) is 38.5 Å². The summed E-state index contributed by atoms with van der Waals surface area (Å²) in [5, 5.41) is 64.4. The molecule has 3 heterocycles. The van der Waals surface area contributed by atoms with Crippen molar-refractivity contribution in [2.75, 3.05) is 20.8 Å². The van der Waals surface area contributed by atoms with E-state index in [0.29, 0.717) is 105 Å². The number of aromatic nitrogens is 9. The molecule has 34 heteroatoms. The molecule has 0 aliphatic heterocycles. The highest BCUT2D eigenvalue weighted by Gasteiger charge is 2.38. The van der Waals surface area contributed by atoms with Gasteiger partial charge in [0.2, 0.25) is 28.8 Å². The van der Waals surface area contributed by atoms with Gasteiger partial charge in [-0.2, -0.15) is 13.2 Å². The number of aromatic carboxylic acids is 2. The van der Waals surface area contributed by atoms with Crippen molar-refractivity contribution < 1.29 is 81.2 Å². The quantitative estimate of drug-likeness (QED) is 0.0561. The molecule has 4 aliphatic carbocycles. The van der Waals surface area contributed by atoms with Crippen LogP contribution in [-0.2, 0) is 74.0 Å². The number of alkyl halides is 3. The summed E-state index contributed by atoms with van der Waals surface area (Å²) in [4.78, 5) is 43.9. The zero-order chi connectivity index (χ0) is 71.6. The van der Waals surface area contributed by atoms with Crippen LogP contribution >= 0.6 is 92.8 Å². The first-order valence-electron chi connectivity index (χ1n) is 29.6. The molecule has 0 amide bonds. The normalized spacial score (nSPS) is 13.7. The molecule has 99 heavy (non-hydrogen) atoms. The van der Waals surface area contributed by atoms with Crippen molar-refractivity contribution >= 4 is 117 Å². The molecule has 6 aromatic carbocycles. The lowest BCUT2D eigenvalue weighted by molar-refractivity contribution is -0.192. The summed E-state index contributed by atoms with van der Waals surface area (Å²) in [6.45, 7) is 2.66. The number of carboxylic acids is 3. The Labute approximate surface area is 601 Å². The molecule has 0 bridgehead atoms. The summed E-state index contributed by atoms with van der Waals surface area (Å²) in [7, 11) is 3.21. The minimum absolute atomic E-state index is 0.00694. The van der Waals surface area contributed by atoms with Crippen LogP contribution in [0.25, 0.3) is 0 Å². The van der Waals surface area contributed by atoms with Crippen LogP contribution < -0.4 is 23.7 Å². The number of esters is 1. The van der Waals surface area contributed by atoms with E-state index in [9.17, 15) is 37.8 Å². The van der Waals surface area contributed by atoms with Crippen molar-refractivity contribution in [2.45, 2.75) is 102 Å². The Morgan fingerprint density at radius 2 is 0.828 bits per heavy atom. The number of benzene rings is 6.